The van der Waals surface area contributed by atoms with Gasteiger partial charge >= 0.3 is 5.97 Å². The number of carboxylic acids is 1. The van der Waals surface area contributed by atoms with Gasteiger partial charge in [-0.05, 0) is 12.8 Å². The van der Waals surface area contributed by atoms with Crippen molar-refractivity contribution in [1.82, 2.24) is 14.9 Å². The highest BCUT2D eigenvalue weighted by atomic mass is 32.2. The molecular formula is C11H21N3O5S. The highest BCUT2D eigenvalue weighted by Gasteiger charge is 2.24. The number of nitrogens with one attached hydrogen (secondary N) is 2. The summed E-state index contributed by atoms with van der Waals surface area (Å²) in [4.78, 5) is 23.6. The molecule has 1 aliphatic heterocycles. The molecule has 116 valence electrons. The average molecular weight is 307 g/mol. The van der Waals surface area contributed by atoms with E-state index in [4.69, 9.17) is 5.11 Å². The number of sulfonamides is 1. The van der Waals surface area contributed by atoms with Crippen LogP contribution in [0.2, 0.25) is 0 Å². The summed E-state index contributed by atoms with van der Waals surface area (Å²) < 4.78 is 25.8. The van der Waals surface area contributed by atoms with Crippen LogP contribution < -0.4 is 10.0 Å². The second kappa shape index (κ2) is 7.55. The number of nitrogens with zero attached hydrogens (tertiary/aromatic N) is 1. The van der Waals surface area contributed by atoms with Crippen molar-refractivity contribution in [2.75, 3.05) is 32.4 Å². The Labute approximate surface area is 118 Å². The fourth-order valence-corrected chi connectivity index (χ4v) is 3.33. The van der Waals surface area contributed by atoms with Crippen molar-refractivity contribution in [3.05, 3.63) is 0 Å². The van der Waals surface area contributed by atoms with E-state index < -0.39 is 28.2 Å². The van der Waals surface area contributed by atoms with Crippen LogP contribution >= 0.6 is 0 Å². The third-order valence-corrected chi connectivity index (χ3v) is 4.60. The fourth-order valence-electron chi connectivity index (χ4n) is 2.03. The van der Waals surface area contributed by atoms with Crippen LogP contribution in [-0.4, -0.2) is 68.8 Å². The molecule has 1 saturated heterocycles. The van der Waals surface area contributed by atoms with Crippen molar-refractivity contribution in [2.24, 2.45) is 0 Å². The first kappa shape index (κ1) is 16.9. The van der Waals surface area contributed by atoms with E-state index in [0.717, 1.165) is 0 Å². The lowest BCUT2D eigenvalue weighted by molar-refractivity contribution is -0.136. The first-order valence-electron chi connectivity index (χ1n) is 6.47. The first-order valence-corrected chi connectivity index (χ1v) is 8.12. The van der Waals surface area contributed by atoms with Crippen LogP contribution in [0, 0.1) is 0 Å². The van der Waals surface area contributed by atoms with Gasteiger partial charge in [-0.25, -0.2) is 13.1 Å². The summed E-state index contributed by atoms with van der Waals surface area (Å²) in [6.07, 6.45) is 0.831. The molecule has 0 aromatic carbocycles. The van der Waals surface area contributed by atoms with E-state index in [2.05, 4.69) is 10.0 Å². The number of likely N-dealkylation sites (tertiary alicyclic amines) is 1. The van der Waals surface area contributed by atoms with E-state index in [0.29, 0.717) is 32.5 Å². The number of carbonyl (C=O) groups excluding carboxylic acids is 1. The highest BCUT2D eigenvalue weighted by molar-refractivity contribution is 7.89. The highest BCUT2D eigenvalue weighted by Crippen LogP contribution is 2.11. The Hall–Kier alpha value is -1.19. The predicted molar refractivity (Wildman–Crippen MR) is 72.7 cm³/mol. The lowest BCUT2D eigenvalue weighted by Gasteiger charge is -2.31. The summed E-state index contributed by atoms with van der Waals surface area (Å²) in [5.41, 5.74) is 0. The molecule has 8 nitrogen and oxygen atoms in total. The van der Waals surface area contributed by atoms with Crippen LogP contribution in [0.5, 0.6) is 0 Å². The lowest BCUT2D eigenvalue weighted by Crippen LogP contribution is -2.47. The number of aliphatic carboxylic acids is 1. The average Bonchev–Trinajstić information content (AvgIpc) is 2.38. The van der Waals surface area contributed by atoms with Gasteiger partial charge in [0.2, 0.25) is 15.9 Å². The van der Waals surface area contributed by atoms with Gasteiger partial charge in [0.25, 0.3) is 0 Å². The number of carbonyl (C=O) groups is 2. The zero-order valence-corrected chi connectivity index (χ0v) is 12.3. The van der Waals surface area contributed by atoms with Crippen molar-refractivity contribution in [3.8, 4) is 0 Å². The van der Waals surface area contributed by atoms with Crippen LogP contribution in [0.15, 0.2) is 0 Å². The SMILES string of the molecule is CNC(=O)CN1CCC(NS(=O)(=O)CCC(=O)O)CC1. The van der Waals surface area contributed by atoms with Gasteiger partial charge in [-0.15, -0.1) is 0 Å². The van der Waals surface area contributed by atoms with E-state index in [-0.39, 0.29) is 11.9 Å². The summed E-state index contributed by atoms with van der Waals surface area (Å²) in [7, 11) is -1.98. The summed E-state index contributed by atoms with van der Waals surface area (Å²) in [6.45, 7) is 1.59. The zero-order chi connectivity index (χ0) is 15.2. The van der Waals surface area contributed by atoms with Crippen LogP contribution in [0.25, 0.3) is 0 Å². The van der Waals surface area contributed by atoms with E-state index in [1.165, 1.54) is 0 Å². The molecule has 0 saturated carbocycles. The number of amides is 1. The Balaban J connectivity index is 2.35. The summed E-state index contributed by atoms with van der Waals surface area (Å²) in [5.74, 6) is -1.60. The van der Waals surface area contributed by atoms with E-state index in [1.54, 1.807) is 7.05 Å². The lowest BCUT2D eigenvalue weighted by atomic mass is 10.1. The molecule has 0 spiro atoms. The smallest absolute Gasteiger partial charge is 0.304 e. The second-order valence-corrected chi connectivity index (χ2v) is 6.68. The normalized spacial score (nSPS) is 17.9. The van der Waals surface area contributed by atoms with Gasteiger partial charge < -0.3 is 10.4 Å². The van der Waals surface area contributed by atoms with E-state index in [1.807, 2.05) is 4.90 Å². The van der Waals surface area contributed by atoms with Crippen molar-refractivity contribution in [3.63, 3.8) is 0 Å². The topological polar surface area (TPSA) is 116 Å². The third-order valence-electron chi connectivity index (χ3n) is 3.16. The molecule has 0 unspecified atom stereocenters. The number of hydrogen-bond donors (Lipinski definition) is 3. The molecule has 0 aromatic heterocycles. The zero-order valence-electron chi connectivity index (χ0n) is 11.5. The number of piperidine rings is 1. The molecule has 1 amide bonds. The van der Waals surface area contributed by atoms with Gasteiger partial charge in [0, 0.05) is 26.2 Å². The van der Waals surface area contributed by atoms with Gasteiger partial charge in [-0.3, -0.25) is 14.5 Å². The molecule has 0 atom stereocenters. The molecule has 1 heterocycles. The third kappa shape index (κ3) is 6.31. The van der Waals surface area contributed by atoms with Crippen molar-refractivity contribution < 1.29 is 23.1 Å². The maximum atomic E-state index is 11.7. The predicted octanol–water partition coefficient (Wildman–Crippen LogP) is -1.41. The molecule has 1 aliphatic rings. The molecule has 3 N–H and O–H groups in total. The van der Waals surface area contributed by atoms with Crippen molar-refractivity contribution in [1.29, 1.82) is 0 Å². The molecule has 1 rings (SSSR count). The standard InChI is InChI=1S/C11H21N3O5S/c1-12-10(15)8-14-5-2-9(3-6-14)13-20(18,19)7-4-11(16)17/h9,13H,2-8H2,1H3,(H,12,15)(H,16,17). The number of likely N-dealkylation sites (N-methyl/N-ethyl adjacent to an activating group) is 1. The van der Waals surface area contributed by atoms with E-state index >= 15 is 0 Å². The fraction of sp³-hybridized carbons (Fsp3) is 0.818. The Morgan fingerprint density at radius 1 is 1.30 bits per heavy atom. The molecule has 0 aromatic rings. The molecule has 0 bridgehead atoms. The second-order valence-electron chi connectivity index (χ2n) is 4.80. The molecule has 0 aliphatic carbocycles. The van der Waals surface area contributed by atoms with Gasteiger partial charge in [0.15, 0.2) is 0 Å². The Morgan fingerprint density at radius 3 is 2.40 bits per heavy atom. The number of hydrogen-bond acceptors (Lipinski definition) is 5. The minimum Gasteiger partial charge on any atom is -0.481 e. The molecule has 9 heteroatoms. The van der Waals surface area contributed by atoms with Crippen LogP contribution in [0.1, 0.15) is 19.3 Å². The Kier molecular flexibility index (Phi) is 6.37. The van der Waals surface area contributed by atoms with Gasteiger partial charge in [0.1, 0.15) is 0 Å². The first-order chi connectivity index (χ1) is 9.32. The monoisotopic (exact) mass is 307 g/mol. The minimum absolute atomic E-state index is 0.0644. The van der Waals surface area contributed by atoms with Crippen LogP contribution in [-0.2, 0) is 19.6 Å². The number of carboxylic acid groups (broad SMARTS) is 1. The quantitative estimate of drug-likeness (QED) is 0.532. The van der Waals surface area contributed by atoms with Crippen molar-refractivity contribution in [2.45, 2.75) is 25.3 Å². The Morgan fingerprint density at radius 2 is 1.90 bits per heavy atom. The molecule has 20 heavy (non-hydrogen) atoms. The largest absolute Gasteiger partial charge is 0.481 e. The minimum atomic E-state index is -3.55. The summed E-state index contributed by atoms with van der Waals surface area (Å²) in [5, 5.41) is 11.0. The Bertz CT molecular complexity index is 443. The van der Waals surface area contributed by atoms with Gasteiger partial charge in [-0.2, -0.15) is 0 Å². The summed E-state index contributed by atoms with van der Waals surface area (Å²) >= 11 is 0. The molecule has 1 fully saturated rings. The number of rotatable bonds is 7. The molecule has 0 radical (unpaired) electrons. The van der Waals surface area contributed by atoms with Gasteiger partial charge in [-0.1, -0.05) is 0 Å². The van der Waals surface area contributed by atoms with Crippen molar-refractivity contribution >= 4 is 21.9 Å². The molecular weight excluding hydrogens is 286 g/mol. The maximum absolute atomic E-state index is 11.7. The van der Waals surface area contributed by atoms with Gasteiger partial charge in [0.05, 0.1) is 18.7 Å². The van der Waals surface area contributed by atoms with E-state index in [9.17, 15) is 18.0 Å². The van der Waals surface area contributed by atoms with Crippen LogP contribution in [0.4, 0.5) is 0 Å². The van der Waals surface area contributed by atoms with Crippen LogP contribution in [0.3, 0.4) is 0 Å². The maximum Gasteiger partial charge on any atom is 0.304 e. The summed E-state index contributed by atoms with van der Waals surface area (Å²) in [6, 6.07) is -0.185.